The molecule has 0 aromatic carbocycles. The Balaban J connectivity index is 1.51. The van der Waals surface area contributed by atoms with E-state index in [1.54, 1.807) is 23.3 Å². The summed E-state index contributed by atoms with van der Waals surface area (Å²) in [6.07, 6.45) is 3.49. The molecule has 23 heavy (non-hydrogen) atoms. The van der Waals surface area contributed by atoms with Gasteiger partial charge in [-0.15, -0.1) is 0 Å². The van der Waals surface area contributed by atoms with Crippen molar-refractivity contribution in [2.24, 2.45) is 11.8 Å². The topological polar surface area (TPSA) is 99.8 Å². The lowest BCUT2D eigenvalue weighted by molar-refractivity contribution is -0.141. The summed E-state index contributed by atoms with van der Waals surface area (Å²) in [7, 11) is 0. The smallest absolute Gasteiger partial charge is 0.306 e. The summed E-state index contributed by atoms with van der Waals surface area (Å²) in [5.41, 5.74) is 0. The molecule has 2 N–H and O–H groups in total. The SMILES string of the molecule is O=C(N[C@H]1CC[C@@H](C(=O)O)C1)C1CC(=O)N(Cc2ccco2)C1. The number of rotatable bonds is 5. The molecular formula is C16H20N2O5. The lowest BCUT2D eigenvalue weighted by atomic mass is 10.1. The van der Waals surface area contributed by atoms with Gasteiger partial charge in [0.05, 0.1) is 24.6 Å². The average Bonchev–Trinajstić information content (AvgIpc) is 3.21. The third-order valence-corrected chi connectivity index (χ3v) is 4.64. The van der Waals surface area contributed by atoms with E-state index in [4.69, 9.17) is 9.52 Å². The van der Waals surface area contributed by atoms with E-state index in [0.29, 0.717) is 38.1 Å². The van der Waals surface area contributed by atoms with E-state index < -0.39 is 5.97 Å². The van der Waals surface area contributed by atoms with Crippen molar-refractivity contribution in [2.45, 2.75) is 38.3 Å². The van der Waals surface area contributed by atoms with Crippen LogP contribution in [-0.4, -0.2) is 40.4 Å². The molecule has 7 nitrogen and oxygen atoms in total. The molecule has 1 unspecified atom stereocenters. The van der Waals surface area contributed by atoms with Gasteiger partial charge >= 0.3 is 5.97 Å². The van der Waals surface area contributed by atoms with Crippen LogP contribution in [0.15, 0.2) is 22.8 Å². The van der Waals surface area contributed by atoms with Crippen molar-refractivity contribution in [1.29, 1.82) is 0 Å². The predicted octanol–water partition coefficient (Wildman–Crippen LogP) is 0.998. The molecule has 2 aliphatic rings. The number of likely N-dealkylation sites (tertiary alicyclic amines) is 1. The molecule has 1 aromatic heterocycles. The van der Waals surface area contributed by atoms with E-state index >= 15 is 0 Å². The highest BCUT2D eigenvalue weighted by molar-refractivity contribution is 5.89. The van der Waals surface area contributed by atoms with E-state index in [0.717, 1.165) is 0 Å². The van der Waals surface area contributed by atoms with Crippen LogP contribution >= 0.6 is 0 Å². The molecule has 124 valence electrons. The fraction of sp³-hybridized carbons (Fsp3) is 0.562. The molecule has 3 rings (SSSR count). The molecule has 1 saturated heterocycles. The van der Waals surface area contributed by atoms with Crippen LogP contribution in [0.5, 0.6) is 0 Å². The first-order valence-corrected chi connectivity index (χ1v) is 7.86. The van der Waals surface area contributed by atoms with Gasteiger partial charge in [0.2, 0.25) is 11.8 Å². The van der Waals surface area contributed by atoms with Gasteiger partial charge < -0.3 is 19.7 Å². The third kappa shape index (κ3) is 3.55. The summed E-state index contributed by atoms with van der Waals surface area (Å²) in [4.78, 5) is 36.9. The van der Waals surface area contributed by atoms with Crippen molar-refractivity contribution in [3.05, 3.63) is 24.2 Å². The van der Waals surface area contributed by atoms with Crippen LogP contribution in [-0.2, 0) is 20.9 Å². The number of aliphatic carboxylic acids is 1. The summed E-state index contributed by atoms with van der Waals surface area (Å²) in [6, 6.07) is 3.46. The van der Waals surface area contributed by atoms with Crippen molar-refractivity contribution in [3.8, 4) is 0 Å². The lowest BCUT2D eigenvalue weighted by Gasteiger charge is -2.17. The second-order valence-corrected chi connectivity index (χ2v) is 6.31. The molecule has 1 aromatic rings. The average molecular weight is 320 g/mol. The maximum atomic E-state index is 12.3. The molecular weight excluding hydrogens is 300 g/mol. The normalized spacial score (nSPS) is 27.4. The number of furan rings is 1. The van der Waals surface area contributed by atoms with Crippen molar-refractivity contribution in [1.82, 2.24) is 10.2 Å². The fourth-order valence-electron chi connectivity index (χ4n) is 3.35. The van der Waals surface area contributed by atoms with Crippen molar-refractivity contribution >= 4 is 17.8 Å². The molecule has 0 spiro atoms. The number of amides is 2. The van der Waals surface area contributed by atoms with Gasteiger partial charge in [-0.2, -0.15) is 0 Å². The van der Waals surface area contributed by atoms with E-state index in [1.165, 1.54) is 0 Å². The first kappa shape index (κ1) is 15.6. The zero-order chi connectivity index (χ0) is 16.4. The highest BCUT2D eigenvalue weighted by atomic mass is 16.4. The fourth-order valence-corrected chi connectivity index (χ4v) is 3.35. The summed E-state index contributed by atoms with van der Waals surface area (Å²) >= 11 is 0. The van der Waals surface area contributed by atoms with Gasteiger partial charge in [0, 0.05) is 19.0 Å². The van der Waals surface area contributed by atoms with Crippen LogP contribution in [0.3, 0.4) is 0 Å². The van der Waals surface area contributed by atoms with Crippen LogP contribution < -0.4 is 5.32 Å². The Bertz CT molecular complexity index is 598. The Kier molecular flexibility index (Phi) is 4.36. The molecule has 0 radical (unpaired) electrons. The molecule has 1 aliphatic heterocycles. The molecule has 2 amide bonds. The molecule has 1 saturated carbocycles. The number of carboxylic acid groups (broad SMARTS) is 1. The Morgan fingerprint density at radius 1 is 1.35 bits per heavy atom. The molecule has 2 heterocycles. The van der Waals surface area contributed by atoms with Crippen molar-refractivity contribution in [2.75, 3.05) is 6.54 Å². The summed E-state index contributed by atoms with van der Waals surface area (Å²) in [5.74, 6) is -1.07. The van der Waals surface area contributed by atoms with E-state index in [1.807, 2.05) is 0 Å². The number of carbonyl (C=O) groups is 3. The van der Waals surface area contributed by atoms with Gasteiger partial charge in [0.25, 0.3) is 0 Å². The van der Waals surface area contributed by atoms with Gasteiger partial charge in [-0.05, 0) is 31.4 Å². The summed E-state index contributed by atoms with van der Waals surface area (Å²) in [5, 5.41) is 11.9. The number of hydrogen-bond donors (Lipinski definition) is 2. The minimum Gasteiger partial charge on any atom is -0.481 e. The molecule has 2 fully saturated rings. The predicted molar refractivity (Wildman–Crippen MR) is 79.1 cm³/mol. The van der Waals surface area contributed by atoms with E-state index in [2.05, 4.69) is 5.32 Å². The minimum atomic E-state index is -0.803. The van der Waals surface area contributed by atoms with Gasteiger partial charge in [-0.25, -0.2) is 0 Å². The maximum absolute atomic E-state index is 12.3. The lowest BCUT2D eigenvalue weighted by Crippen LogP contribution is -2.38. The van der Waals surface area contributed by atoms with Crippen LogP contribution in [0.25, 0.3) is 0 Å². The Labute approximate surface area is 133 Å². The highest BCUT2D eigenvalue weighted by Gasteiger charge is 2.37. The van der Waals surface area contributed by atoms with Gasteiger partial charge in [-0.3, -0.25) is 14.4 Å². The first-order chi connectivity index (χ1) is 11.0. The number of nitrogens with zero attached hydrogens (tertiary/aromatic N) is 1. The van der Waals surface area contributed by atoms with Crippen molar-refractivity contribution in [3.63, 3.8) is 0 Å². The monoisotopic (exact) mass is 320 g/mol. The van der Waals surface area contributed by atoms with E-state index in [-0.39, 0.29) is 36.1 Å². The van der Waals surface area contributed by atoms with Crippen LogP contribution in [0.4, 0.5) is 0 Å². The third-order valence-electron chi connectivity index (χ3n) is 4.64. The second kappa shape index (κ2) is 6.44. The number of carbonyl (C=O) groups excluding carboxylic acids is 2. The zero-order valence-electron chi connectivity index (χ0n) is 12.7. The largest absolute Gasteiger partial charge is 0.481 e. The standard InChI is InChI=1S/C16H20N2O5/c19-14-7-11(8-18(14)9-13-2-1-5-23-13)15(20)17-12-4-3-10(6-12)16(21)22/h1-2,5,10-12H,3-4,6-9H2,(H,17,20)(H,21,22)/t10-,11?,12+/m1/s1. The van der Waals surface area contributed by atoms with E-state index in [9.17, 15) is 14.4 Å². The Morgan fingerprint density at radius 3 is 2.83 bits per heavy atom. The van der Waals surface area contributed by atoms with Crippen LogP contribution in [0, 0.1) is 11.8 Å². The van der Waals surface area contributed by atoms with Gasteiger partial charge in [-0.1, -0.05) is 0 Å². The summed E-state index contributed by atoms with van der Waals surface area (Å²) in [6.45, 7) is 0.751. The van der Waals surface area contributed by atoms with Gasteiger partial charge in [0.1, 0.15) is 5.76 Å². The Morgan fingerprint density at radius 2 is 2.17 bits per heavy atom. The minimum absolute atomic E-state index is 0.0589. The molecule has 1 aliphatic carbocycles. The van der Waals surface area contributed by atoms with Gasteiger partial charge in [0.15, 0.2) is 0 Å². The van der Waals surface area contributed by atoms with Crippen LogP contribution in [0.2, 0.25) is 0 Å². The first-order valence-electron chi connectivity index (χ1n) is 7.86. The zero-order valence-corrected chi connectivity index (χ0v) is 12.7. The number of hydrogen-bond acceptors (Lipinski definition) is 4. The quantitative estimate of drug-likeness (QED) is 0.843. The number of nitrogens with one attached hydrogen (secondary N) is 1. The van der Waals surface area contributed by atoms with Crippen LogP contribution in [0.1, 0.15) is 31.4 Å². The molecule has 0 bridgehead atoms. The second-order valence-electron chi connectivity index (χ2n) is 6.31. The molecule has 3 atom stereocenters. The number of carboxylic acids is 1. The summed E-state index contributed by atoms with van der Waals surface area (Å²) < 4.78 is 5.23. The highest BCUT2D eigenvalue weighted by Crippen LogP contribution is 2.27. The Hall–Kier alpha value is -2.31. The maximum Gasteiger partial charge on any atom is 0.306 e. The molecule has 7 heteroatoms. The van der Waals surface area contributed by atoms with Crippen molar-refractivity contribution < 1.29 is 23.9 Å².